The number of nitrogens with one attached hydrogen (secondary N) is 1. The van der Waals surface area contributed by atoms with Crippen LogP contribution in [0.2, 0.25) is 0 Å². The van der Waals surface area contributed by atoms with E-state index < -0.39 is 0 Å². The molecule has 0 aliphatic carbocycles. The number of hydrogen-bond acceptors (Lipinski definition) is 6. The Morgan fingerprint density at radius 3 is 2.68 bits per heavy atom. The summed E-state index contributed by atoms with van der Waals surface area (Å²) in [6.45, 7) is 1.98. The number of rotatable bonds is 5. The van der Waals surface area contributed by atoms with Crippen LogP contribution in [0.15, 0.2) is 61.1 Å². The van der Waals surface area contributed by atoms with Gasteiger partial charge in [0.25, 0.3) is 5.91 Å². The van der Waals surface area contributed by atoms with Gasteiger partial charge in [-0.3, -0.25) is 10.1 Å². The second-order valence-corrected chi connectivity index (χ2v) is 7.13. The van der Waals surface area contributed by atoms with Crippen molar-refractivity contribution in [2.45, 2.75) is 6.92 Å². The van der Waals surface area contributed by atoms with Gasteiger partial charge in [0, 0.05) is 29.0 Å². The predicted molar refractivity (Wildman–Crippen MR) is 108 cm³/mol. The summed E-state index contributed by atoms with van der Waals surface area (Å²) in [4.78, 5) is 22.7. The first-order valence-electron chi connectivity index (χ1n) is 8.54. The smallest absolute Gasteiger partial charge is 0.261 e. The molecule has 4 rings (SSSR count). The molecule has 4 aromatic rings. The quantitative estimate of drug-likeness (QED) is 0.557. The van der Waals surface area contributed by atoms with E-state index in [-0.39, 0.29) is 5.91 Å². The predicted octanol–water partition coefficient (Wildman–Crippen LogP) is 3.96. The number of amides is 1. The van der Waals surface area contributed by atoms with Crippen LogP contribution in [0.1, 0.15) is 15.2 Å². The number of methoxy groups -OCH3 is 1. The number of aryl methyl sites for hydroxylation is 1. The van der Waals surface area contributed by atoms with Crippen molar-refractivity contribution in [3.8, 4) is 22.8 Å². The molecule has 0 unspecified atom stereocenters. The minimum atomic E-state index is -0.284. The number of carbonyl (C=O) groups is 1. The standard InChI is InChI=1S/C20H17N5O2S/c1-13-17(14-6-8-15(27-2)9-7-14)23-20(28-13)24-19(26)16-5-3-10-21-18(16)25-12-4-11-22-25/h3-12H,1-2H3,(H,23,24,26). The highest BCUT2D eigenvalue weighted by atomic mass is 32.1. The summed E-state index contributed by atoms with van der Waals surface area (Å²) in [5.41, 5.74) is 2.22. The molecule has 0 fully saturated rings. The van der Waals surface area contributed by atoms with E-state index in [0.29, 0.717) is 16.5 Å². The number of anilines is 1. The van der Waals surface area contributed by atoms with Gasteiger partial charge < -0.3 is 4.74 Å². The van der Waals surface area contributed by atoms with E-state index >= 15 is 0 Å². The molecular formula is C20H17N5O2S. The molecule has 0 spiro atoms. The highest BCUT2D eigenvalue weighted by Crippen LogP contribution is 2.31. The summed E-state index contributed by atoms with van der Waals surface area (Å²) in [7, 11) is 1.63. The maximum atomic E-state index is 12.8. The molecule has 0 bridgehead atoms. The van der Waals surface area contributed by atoms with Gasteiger partial charge in [0.1, 0.15) is 5.75 Å². The molecule has 0 aliphatic heterocycles. The Morgan fingerprint density at radius 1 is 1.14 bits per heavy atom. The van der Waals surface area contributed by atoms with Crippen LogP contribution in [0.5, 0.6) is 5.75 Å². The van der Waals surface area contributed by atoms with Gasteiger partial charge in [-0.2, -0.15) is 5.10 Å². The molecule has 1 aromatic carbocycles. The summed E-state index contributed by atoms with van der Waals surface area (Å²) in [6, 6.07) is 12.9. The van der Waals surface area contributed by atoms with Crippen molar-refractivity contribution in [2.75, 3.05) is 12.4 Å². The molecule has 0 radical (unpaired) electrons. The van der Waals surface area contributed by atoms with Crippen LogP contribution < -0.4 is 10.1 Å². The molecule has 1 N–H and O–H groups in total. The zero-order chi connectivity index (χ0) is 19.5. The number of thiazole rings is 1. The van der Waals surface area contributed by atoms with E-state index in [1.54, 1.807) is 48.6 Å². The minimum Gasteiger partial charge on any atom is -0.497 e. The van der Waals surface area contributed by atoms with Crippen molar-refractivity contribution in [3.05, 3.63) is 71.5 Å². The van der Waals surface area contributed by atoms with Gasteiger partial charge in [0.15, 0.2) is 10.9 Å². The zero-order valence-electron chi connectivity index (χ0n) is 15.3. The Labute approximate surface area is 165 Å². The van der Waals surface area contributed by atoms with Crippen LogP contribution in [0.4, 0.5) is 5.13 Å². The van der Waals surface area contributed by atoms with Crippen LogP contribution >= 0.6 is 11.3 Å². The molecule has 1 amide bonds. The lowest BCUT2D eigenvalue weighted by Gasteiger charge is -2.07. The molecule has 140 valence electrons. The monoisotopic (exact) mass is 391 g/mol. The fraction of sp³-hybridized carbons (Fsp3) is 0.100. The van der Waals surface area contributed by atoms with Gasteiger partial charge in [-0.25, -0.2) is 14.6 Å². The Kier molecular flexibility index (Phi) is 4.86. The third-order valence-electron chi connectivity index (χ3n) is 4.13. The lowest BCUT2D eigenvalue weighted by Crippen LogP contribution is -2.16. The Balaban J connectivity index is 1.60. The van der Waals surface area contributed by atoms with Crippen LogP contribution in [-0.4, -0.2) is 32.8 Å². The minimum absolute atomic E-state index is 0.284. The molecule has 0 saturated heterocycles. The largest absolute Gasteiger partial charge is 0.497 e. The Hall–Kier alpha value is -3.52. The molecule has 3 aromatic heterocycles. The van der Waals surface area contributed by atoms with Crippen molar-refractivity contribution in [1.29, 1.82) is 0 Å². The molecule has 8 heteroatoms. The average Bonchev–Trinajstić information content (AvgIpc) is 3.38. The van der Waals surface area contributed by atoms with E-state index in [1.165, 1.54) is 11.3 Å². The maximum Gasteiger partial charge on any atom is 0.261 e. The number of pyridine rings is 1. The van der Waals surface area contributed by atoms with Crippen molar-refractivity contribution >= 4 is 22.4 Å². The lowest BCUT2D eigenvalue weighted by molar-refractivity contribution is 0.102. The maximum absolute atomic E-state index is 12.8. The summed E-state index contributed by atoms with van der Waals surface area (Å²) < 4.78 is 6.76. The molecule has 3 heterocycles. The normalized spacial score (nSPS) is 10.6. The number of carbonyl (C=O) groups excluding carboxylic acids is 1. The second-order valence-electron chi connectivity index (χ2n) is 5.93. The van der Waals surface area contributed by atoms with Crippen LogP contribution in [0, 0.1) is 6.92 Å². The highest BCUT2D eigenvalue weighted by Gasteiger charge is 2.17. The molecular weight excluding hydrogens is 374 g/mol. The Morgan fingerprint density at radius 2 is 1.96 bits per heavy atom. The van der Waals surface area contributed by atoms with Crippen molar-refractivity contribution in [1.82, 2.24) is 19.7 Å². The third-order valence-corrected chi connectivity index (χ3v) is 5.02. The summed E-state index contributed by atoms with van der Waals surface area (Å²) in [6.07, 6.45) is 5.01. The summed E-state index contributed by atoms with van der Waals surface area (Å²) >= 11 is 1.43. The van der Waals surface area contributed by atoms with E-state index in [9.17, 15) is 4.79 Å². The molecule has 28 heavy (non-hydrogen) atoms. The van der Waals surface area contributed by atoms with Crippen molar-refractivity contribution in [3.63, 3.8) is 0 Å². The van der Waals surface area contributed by atoms with Gasteiger partial charge in [-0.15, -0.1) is 11.3 Å². The lowest BCUT2D eigenvalue weighted by atomic mass is 10.1. The summed E-state index contributed by atoms with van der Waals surface area (Å²) in [5.74, 6) is 0.968. The average molecular weight is 391 g/mol. The zero-order valence-corrected chi connectivity index (χ0v) is 16.1. The first kappa shape index (κ1) is 17.9. The third kappa shape index (κ3) is 3.49. The van der Waals surface area contributed by atoms with E-state index in [1.807, 2.05) is 31.2 Å². The number of ether oxygens (including phenoxy) is 1. The number of aromatic nitrogens is 4. The Bertz CT molecular complexity index is 1100. The van der Waals surface area contributed by atoms with Gasteiger partial charge in [0.05, 0.1) is 18.4 Å². The molecule has 0 aliphatic rings. The van der Waals surface area contributed by atoms with Gasteiger partial charge in [0.2, 0.25) is 0 Å². The molecule has 0 atom stereocenters. The topological polar surface area (TPSA) is 81.9 Å². The van der Waals surface area contributed by atoms with Crippen LogP contribution in [0.25, 0.3) is 17.1 Å². The number of nitrogens with zero attached hydrogens (tertiary/aromatic N) is 4. The van der Waals surface area contributed by atoms with Gasteiger partial charge >= 0.3 is 0 Å². The van der Waals surface area contributed by atoms with E-state index in [4.69, 9.17) is 4.74 Å². The second kappa shape index (κ2) is 7.61. The number of benzene rings is 1. The van der Waals surface area contributed by atoms with E-state index in [2.05, 4.69) is 20.4 Å². The fourth-order valence-electron chi connectivity index (χ4n) is 2.78. The van der Waals surface area contributed by atoms with Crippen molar-refractivity contribution < 1.29 is 9.53 Å². The SMILES string of the molecule is COc1ccc(-c2nc(NC(=O)c3cccnc3-n3cccn3)sc2C)cc1. The molecule has 0 saturated carbocycles. The number of hydrogen-bond donors (Lipinski definition) is 1. The molecule has 7 nitrogen and oxygen atoms in total. The van der Waals surface area contributed by atoms with Crippen molar-refractivity contribution in [2.24, 2.45) is 0 Å². The van der Waals surface area contributed by atoms with Gasteiger partial charge in [-0.05, 0) is 49.4 Å². The van der Waals surface area contributed by atoms with Crippen LogP contribution in [0.3, 0.4) is 0 Å². The highest BCUT2D eigenvalue weighted by molar-refractivity contribution is 7.16. The summed E-state index contributed by atoms with van der Waals surface area (Å²) in [5, 5.41) is 7.57. The van der Waals surface area contributed by atoms with E-state index in [0.717, 1.165) is 21.9 Å². The first-order chi connectivity index (χ1) is 13.7. The van der Waals surface area contributed by atoms with Crippen LogP contribution in [-0.2, 0) is 0 Å². The first-order valence-corrected chi connectivity index (χ1v) is 9.35. The fourth-order valence-corrected chi connectivity index (χ4v) is 3.61. The van der Waals surface area contributed by atoms with Gasteiger partial charge in [-0.1, -0.05) is 0 Å².